The zero-order chi connectivity index (χ0) is 9.90. The average Bonchev–Trinajstić information content (AvgIpc) is 2.18. The van der Waals surface area contributed by atoms with E-state index in [1.807, 2.05) is 0 Å². The molecule has 1 aliphatic heterocycles. The Morgan fingerprint density at radius 2 is 1.92 bits per heavy atom. The first-order valence-electron chi connectivity index (χ1n) is 5.16. The monoisotopic (exact) mass is 186 g/mol. The van der Waals surface area contributed by atoms with Gasteiger partial charge in [-0.25, -0.2) is 0 Å². The van der Waals surface area contributed by atoms with Gasteiger partial charge in [0.15, 0.2) is 0 Å². The van der Waals surface area contributed by atoms with E-state index in [1.54, 1.807) is 0 Å². The van der Waals surface area contributed by atoms with Gasteiger partial charge < -0.3 is 10.8 Å². The Bertz CT molecular complexity index is 151. The van der Waals surface area contributed by atoms with Crippen molar-refractivity contribution in [1.82, 2.24) is 4.90 Å². The summed E-state index contributed by atoms with van der Waals surface area (Å²) in [6.45, 7) is 7.58. The number of likely N-dealkylation sites (tertiary alicyclic amines) is 1. The molecule has 0 atom stereocenters. The second-order valence-corrected chi connectivity index (χ2v) is 4.63. The van der Waals surface area contributed by atoms with E-state index in [9.17, 15) is 0 Å². The Morgan fingerprint density at radius 3 is 2.31 bits per heavy atom. The van der Waals surface area contributed by atoms with Crippen LogP contribution in [0.25, 0.3) is 0 Å². The standard InChI is InChI=1S/C10H22N2O/c1-10(2,8-11)12-5-3-9(7-13)4-6-12/h9,13H,3-8,11H2,1-2H3. The third-order valence-corrected chi connectivity index (χ3v) is 3.23. The molecule has 1 rings (SSSR count). The van der Waals surface area contributed by atoms with Crippen LogP contribution in [0, 0.1) is 5.92 Å². The van der Waals surface area contributed by atoms with Gasteiger partial charge >= 0.3 is 0 Å². The van der Waals surface area contributed by atoms with Crippen LogP contribution in [0.5, 0.6) is 0 Å². The van der Waals surface area contributed by atoms with Crippen molar-refractivity contribution in [2.45, 2.75) is 32.2 Å². The Morgan fingerprint density at radius 1 is 1.38 bits per heavy atom. The molecule has 0 bridgehead atoms. The predicted molar refractivity (Wildman–Crippen MR) is 54.5 cm³/mol. The SMILES string of the molecule is CC(C)(CN)N1CCC(CO)CC1. The van der Waals surface area contributed by atoms with Gasteiger partial charge in [0.05, 0.1) is 0 Å². The summed E-state index contributed by atoms with van der Waals surface area (Å²) in [5, 5.41) is 8.99. The van der Waals surface area contributed by atoms with Gasteiger partial charge in [0.1, 0.15) is 0 Å². The number of aliphatic hydroxyl groups is 1. The highest BCUT2D eigenvalue weighted by Gasteiger charge is 2.28. The third kappa shape index (κ3) is 2.66. The highest BCUT2D eigenvalue weighted by atomic mass is 16.3. The maximum atomic E-state index is 8.99. The third-order valence-electron chi connectivity index (χ3n) is 3.23. The van der Waals surface area contributed by atoms with Crippen LogP contribution < -0.4 is 5.73 Å². The van der Waals surface area contributed by atoms with E-state index in [2.05, 4.69) is 18.7 Å². The summed E-state index contributed by atoms with van der Waals surface area (Å²) in [5.41, 5.74) is 5.84. The first kappa shape index (κ1) is 11.0. The van der Waals surface area contributed by atoms with Crippen molar-refractivity contribution in [3.63, 3.8) is 0 Å². The molecule has 0 unspecified atom stereocenters. The number of aliphatic hydroxyl groups excluding tert-OH is 1. The maximum Gasteiger partial charge on any atom is 0.0460 e. The fourth-order valence-electron chi connectivity index (χ4n) is 1.85. The van der Waals surface area contributed by atoms with Gasteiger partial charge in [-0.2, -0.15) is 0 Å². The molecule has 0 radical (unpaired) electrons. The van der Waals surface area contributed by atoms with Gasteiger partial charge in [0, 0.05) is 18.7 Å². The van der Waals surface area contributed by atoms with Gasteiger partial charge in [-0.1, -0.05) is 0 Å². The first-order valence-corrected chi connectivity index (χ1v) is 5.16. The van der Waals surface area contributed by atoms with Crippen LogP contribution in [-0.2, 0) is 0 Å². The number of piperidine rings is 1. The lowest BCUT2D eigenvalue weighted by Gasteiger charge is -2.42. The molecular weight excluding hydrogens is 164 g/mol. The van der Waals surface area contributed by atoms with Crippen molar-refractivity contribution in [3.05, 3.63) is 0 Å². The van der Waals surface area contributed by atoms with Crippen LogP contribution in [0.4, 0.5) is 0 Å². The minimum atomic E-state index is 0.125. The largest absolute Gasteiger partial charge is 0.396 e. The van der Waals surface area contributed by atoms with Crippen LogP contribution in [0.2, 0.25) is 0 Å². The number of nitrogens with zero attached hydrogens (tertiary/aromatic N) is 1. The normalized spacial score (nSPS) is 22.2. The van der Waals surface area contributed by atoms with E-state index >= 15 is 0 Å². The highest BCUT2D eigenvalue weighted by Crippen LogP contribution is 2.22. The van der Waals surface area contributed by atoms with Crippen molar-refractivity contribution >= 4 is 0 Å². The van der Waals surface area contributed by atoms with Crippen LogP contribution in [0.3, 0.4) is 0 Å². The van der Waals surface area contributed by atoms with Gasteiger partial charge in [-0.15, -0.1) is 0 Å². The molecule has 3 heteroatoms. The van der Waals surface area contributed by atoms with Crippen molar-refractivity contribution in [2.75, 3.05) is 26.2 Å². The Balaban J connectivity index is 2.40. The van der Waals surface area contributed by atoms with Crippen molar-refractivity contribution in [2.24, 2.45) is 11.7 Å². The number of nitrogens with two attached hydrogens (primary N) is 1. The molecule has 1 saturated heterocycles. The van der Waals surface area contributed by atoms with E-state index in [4.69, 9.17) is 10.8 Å². The second kappa shape index (κ2) is 4.40. The van der Waals surface area contributed by atoms with Gasteiger partial charge in [0.25, 0.3) is 0 Å². The average molecular weight is 186 g/mol. The molecule has 0 aromatic carbocycles. The molecular formula is C10H22N2O. The molecule has 0 aromatic heterocycles. The van der Waals surface area contributed by atoms with Crippen LogP contribution >= 0.6 is 0 Å². The fourth-order valence-corrected chi connectivity index (χ4v) is 1.85. The zero-order valence-corrected chi connectivity index (χ0v) is 8.79. The number of hydrogen-bond acceptors (Lipinski definition) is 3. The summed E-state index contributed by atoms with van der Waals surface area (Å²) < 4.78 is 0. The van der Waals surface area contributed by atoms with Gasteiger partial charge in [-0.05, 0) is 45.7 Å². The summed E-state index contributed by atoms with van der Waals surface area (Å²) in [4.78, 5) is 2.43. The molecule has 0 saturated carbocycles. The van der Waals surface area contributed by atoms with E-state index in [0.717, 1.165) is 25.9 Å². The lowest BCUT2D eigenvalue weighted by Crippen LogP contribution is -2.52. The molecule has 13 heavy (non-hydrogen) atoms. The van der Waals surface area contributed by atoms with Crippen LogP contribution in [0.15, 0.2) is 0 Å². The van der Waals surface area contributed by atoms with E-state index in [0.29, 0.717) is 19.1 Å². The zero-order valence-electron chi connectivity index (χ0n) is 8.79. The molecule has 1 heterocycles. The van der Waals surface area contributed by atoms with E-state index in [-0.39, 0.29) is 5.54 Å². The fraction of sp³-hybridized carbons (Fsp3) is 1.00. The van der Waals surface area contributed by atoms with Crippen molar-refractivity contribution < 1.29 is 5.11 Å². The minimum absolute atomic E-state index is 0.125. The molecule has 3 nitrogen and oxygen atoms in total. The summed E-state index contributed by atoms with van der Waals surface area (Å²) in [6.07, 6.45) is 2.22. The molecule has 0 aliphatic carbocycles. The second-order valence-electron chi connectivity index (χ2n) is 4.63. The molecule has 78 valence electrons. The molecule has 0 amide bonds. The number of rotatable bonds is 3. The maximum absolute atomic E-state index is 8.99. The van der Waals surface area contributed by atoms with Gasteiger partial charge in [0.2, 0.25) is 0 Å². The molecule has 1 aliphatic rings. The lowest BCUT2D eigenvalue weighted by molar-refractivity contribution is 0.0624. The summed E-state index contributed by atoms with van der Waals surface area (Å²) in [6, 6.07) is 0. The summed E-state index contributed by atoms with van der Waals surface area (Å²) >= 11 is 0. The summed E-state index contributed by atoms with van der Waals surface area (Å²) in [7, 11) is 0. The van der Waals surface area contributed by atoms with Crippen molar-refractivity contribution in [3.8, 4) is 0 Å². The number of hydrogen-bond donors (Lipinski definition) is 2. The highest BCUT2D eigenvalue weighted by molar-refractivity contribution is 4.85. The summed E-state index contributed by atoms with van der Waals surface area (Å²) in [5.74, 6) is 0.518. The molecule has 1 fully saturated rings. The van der Waals surface area contributed by atoms with E-state index in [1.165, 1.54) is 0 Å². The smallest absolute Gasteiger partial charge is 0.0460 e. The Kier molecular flexibility index (Phi) is 3.71. The molecule has 3 N–H and O–H groups in total. The quantitative estimate of drug-likeness (QED) is 0.672. The Hall–Kier alpha value is -0.120. The molecule has 0 aromatic rings. The Labute approximate surface area is 80.9 Å². The van der Waals surface area contributed by atoms with Crippen LogP contribution in [0.1, 0.15) is 26.7 Å². The van der Waals surface area contributed by atoms with Gasteiger partial charge in [-0.3, -0.25) is 4.90 Å². The topological polar surface area (TPSA) is 49.5 Å². The first-order chi connectivity index (χ1) is 6.10. The van der Waals surface area contributed by atoms with Crippen LogP contribution in [-0.4, -0.2) is 41.8 Å². The lowest BCUT2D eigenvalue weighted by atomic mass is 9.93. The van der Waals surface area contributed by atoms with E-state index < -0.39 is 0 Å². The minimum Gasteiger partial charge on any atom is -0.396 e. The molecule has 0 spiro atoms. The predicted octanol–water partition coefficient (Wildman–Crippen LogP) is 0.428. The van der Waals surface area contributed by atoms with Crippen molar-refractivity contribution in [1.29, 1.82) is 0 Å².